The molecule has 1 aromatic rings. The Hall–Kier alpha value is -1.91. The highest BCUT2D eigenvalue weighted by Gasteiger charge is 2.20. The molecular formula is C14H21N3O2. The van der Waals surface area contributed by atoms with Crippen molar-refractivity contribution in [1.29, 1.82) is 0 Å². The summed E-state index contributed by atoms with van der Waals surface area (Å²) in [7, 11) is 0. The molecule has 0 saturated heterocycles. The first kappa shape index (κ1) is 13.5. The average molecular weight is 263 g/mol. The summed E-state index contributed by atoms with van der Waals surface area (Å²) in [5.41, 5.74) is 6.67. The van der Waals surface area contributed by atoms with E-state index in [0.29, 0.717) is 25.2 Å². The molecule has 1 aromatic carbocycles. The van der Waals surface area contributed by atoms with Gasteiger partial charge in [-0.15, -0.1) is 0 Å². The van der Waals surface area contributed by atoms with E-state index in [0.717, 1.165) is 30.0 Å². The summed E-state index contributed by atoms with van der Waals surface area (Å²) < 4.78 is 11.0. The summed E-state index contributed by atoms with van der Waals surface area (Å²) in [6, 6.07) is 6.02. The van der Waals surface area contributed by atoms with Crippen LogP contribution in [0.1, 0.15) is 26.7 Å². The van der Waals surface area contributed by atoms with Crippen molar-refractivity contribution in [1.82, 2.24) is 0 Å². The Balaban J connectivity index is 2.15. The SMILES string of the molecule is CCOc1ccc(OCC)c(NC(N)=NC2CC2)c1. The number of nitrogens with two attached hydrogens (primary N) is 1. The Kier molecular flexibility index (Phi) is 4.49. The zero-order valence-corrected chi connectivity index (χ0v) is 11.5. The lowest BCUT2D eigenvalue weighted by Crippen LogP contribution is -2.23. The highest BCUT2D eigenvalue weighted by atomic mass is 16.5. The maximum Gasteiger partial charge on any atom is 0.193 e. The molecule has 2 rings (SSSR count). The maximum atomic E-state index is 5.88. The van der Waals surface area contributed by atoms with Gasteiger partial charge in [-0.05, 0) is 38.8 Å². The third-order valence-electron chi connectivity index (χ3n) is 2.69. The first-order valence-corrected chi connectivity index (χ1v) is 6.72. The van der Waals surface area contributed by atoms with Crippen molar-refractivity contribution in [3.8, 4) is 11.5 Å². The van der Waals surface area contributed by atoms with Gasteiger partial charge < -0.3 is 20.5 Å². The molecule has 0 aromatic heterocycles. The fourth-order valence-corrected chi connectivity index (χ4v) is 1.72. The molecule has 1 aliphatic carbocycles. The van der Waals surface area contributed by atoms with Crippen molar-refractivity contribution >= 4 is 11.6 Å². The minimum atomic E-state index is 0.387. The van der Waals surface area contributed by atoms with Gasteiger partial charge in [-0.25, -0.2) is 4.99 Å². The molecule has 0 atom stereocenters. The van der Waals surface area contributed by atoms with E-state index in [1.807, 2.05) is 32.0 Å². The first-order chi connectivity index (χ1) is 9.22. The summed E-state index contributed by atoms with van der Waals surface area (Å²) >= 11 is 0. The smallest absolute Gasteiger partial charge is 0.193 e. The van der Waals surface area contributed by atoms with Gasteiger partial charge in [0, 0.05) is 6.07 Å². The number of guanidine groups is 1. The van der Waals surface area contributed by atoms with E-state index in [9.17, 15) is 0 Å². The molecule has 0 amide bonds. The van der Waals surface area contributed by atoms with Crippen LogP contribution in [-0.4, -0.2) is 25.2 Å². The van der Waals surface area contributed by atoms with Gasteiger partial charge in [-0.3, -0.25) is 0 Å². The Morgan fingerprint density at radius 2 is 2.05 bits per heavy atom. The van der Waals surface area contributed by atoms with E-state index in [-0.39, 0.29) is 0 Å². The number of rotatable bonds is 6. The van der Waals surface area contributed by atoms with Crippen LogP contribution in [0.4, 0.5) is 5.69 Å². The summed E-state index contributed by atoms with van der Waals surface area (Å²) in [6.45, 7) is 5.12. The minimum Gasteiger partial charge on any atom is -0.494 e. The van der Waals surface area contributed by atoms with Crippen molar-refractivity contribution in [3.05, 3.63) is 18.2 Å². The summed E-state index contributed by atoms with van der Waals surface area (Å²) in [5.74, 6) is 1.96. The van der Waals surface area contributed by atoms with Gasteiger partial charge in [0.2, 0.25) is 0 Å². The van der Waals surface area contributed by atoms with Crippen LogP contribution in [0.2, 0.25) is 0 Å². The predicted molar refractivity (Wildman–Crippen MR) is 77.0 cm³/mol. The summed E-state index contributed by atoms with van der Waals surface area (Å²) in [5, 5.41) is 3.09. The molecule has 1 saturated carbocycles. The predicted octanol–water partition coefficient (Wildman–Crippen LogP) is 2.37. The van der Waals surface area contributed by atoms with Crippen LogP contribution < -0.4 is 20.5 Å². The molecular weight excluding hydrogens is 242 g/mol. The number of nitrogens with zero attached hydrogens (tertiary/aromatic N) is 1. The highest BCUT2D eigenvalue weighted by Crippen LogP contribution is 2.30. The van der Waals surface area contributed by atoms with Gasteiger partial charge >= 0.3 is 0 Å². The molecule has 3 N–H and O–H groups in total. The van der Waals surface area contributed by atoms with E-state index < -0.39 is 0 Å². The largest absolute Gasteiger partial charge is 0.494 e. The van der Waals surface area contributed by atoms with E-state index >= 15 is 0 Å². The van der Waals surface area contributed by atoms with Crippen LogP contribution in [-0.2, 0) is 0 Å². The molecule has 0 bridgehead atoms. The number of benzene rings is 1. The van der Waals surface area contributed by atoms with E-state index in [1.165, 1.54) is 0 Å². The van der Waals surface area contributed by atoms with Crippen LogP contribution >= 0.6 is 0 Å². The van der Waals surface area contributed by atoms with Crippen LogP contribution in [0.25, 0.3) is 0 Å². The normalized spacial score (nSPS) is 15.2. The quantitative estimate of drug-likeness (QED) is 0.610. The van der Waals surface area contributed by atoms with Crippen molar-refractivity contribution in [2.45, 2.75) is 32.7 Å². The lowest BCUT2D eigenvalue weighted by atomic mass is 10.2. The fourth-order valence-electron chi connectivity index (χ4n) is 1.72. The number of nitrogens with one attached hydrogen (secondary N) is 1. The zero-order valence-electron chi connectivity index (χ0n) is 11.5. The average Bonchev–Trinajstić information content (AvgIpc) is 3.17. The van der Waals surface area contributed by atoms with Crippen LogP contribution in [0, 0.1) is 0 Å². The van der Waals surface area contributed by atoms with Gasteiger partial charge in [-0.1, -0.05) is 0 Å². The molecule has 5 heteroatoms. The van der Waals surface area contributed by atoms with E-state index in [2.05, 4.69) is 10.3 Å². The number of hydrogen-bond acceptors (Lipinski definition) is 3. The number of aliphatic imine (C=N–C) groups is 1. The zero-order chi connectivity index (χ0) is 13.7. The minimum absolute atomic E-state index is 0.387. The Labute approximate surface area is 113 Å². The molecule has 104 valence electrons. The van der Waals surface area contributed by atoms with Crippen LogP contribution in [0.15, 0.2) is 23.2 Å². The number of hydrogen-bond donors (Lipinski definition) is 2. The Bertz CT molecular complexity index is 456. The second-order valence-electron chi connectivity index (χ2n) is 4.39. The third kappa shape index (κ3) is 4.05. The highest BCUT2D eigenvalue weighted by molar-refractivity contribution is 5.94. The molecule has 0 radical (unpaired) electrons. The van der Waals surface area contributed by atoms with E-state index in [1.54, 1.807) is 0 Å². The molecule has 1 aliphatic rings. The molecule has 0 spiro atoms. The Morgan fingerprint density at radius 3 is 2.68 bits per heavy atom. The second-order valence-corrected chi connectivity index (χ2v) is 4.39. The van der Waals surface area contributed by atoms with Crippen molar-refractivity contribution in [3.63, 3.8) is 0 Å². The monoisotopic (exact) mass is 263 g/mol. The molecule has 19 heavy (non-hydrogen) atoms. The lowest BCUT2D eigenvalue weighted by Gasteiger charge is -2.13. The standard InChI is InChI=1S/C14H21N3O2/c1-3-18-11-7-8-13(19-4-2)12(9-11)17-14(15)16-10-5-6-10/h7-10H,3-6H2,1-2H3,(H3,15,16,17). The lowest BCUT2D eigenvalue weighted by molar-refractivity contribution is 0.332. The number of ether oxygens (including phenoxy) is 2. The second kappa shape index (κ2) is 6.31. The molecule has 0 heterocycles. The van der Waals surface area contributed by atoms with Gasteiger partial charge in [0.15, 0.2) is 5.96 Å². The third-order valence-corrected chi connectivity index (χ3v) is 2.69. The topological polar surface area (TPSA) is 68.9 Å². The van der Waals surface area contributed by atoms with Gasteiger partial charge in [0.25, 0.3) is 0 Å². The molecule has 0 aliphatic heterocycles. The van der Waals surface area contributed by atoms with E-state index in [4.69, 9.17) is 15.2 Å². The van der Waals surface area contributed by atoms with Gasteiger partial charge in [0.1, 0.15) is 11.5 Å². The van der Waals surface area contributed by atoms with Gasteiger partial charge in [0.05, 0.1) is 24.9 Å². The van der Waals surface area contributed by atoms with Crippen LogP contribution in [0.5, 0.6) is 11.5 Å². The molecule has 5 nitrogen and oxygen atoms in total. The van der Waals surface area contributed by atoms with Crippen molar-refractivity contribution in [2.75, 3.05) is 18.5 Å². The maximum absolute atomic E-state index is 5.88. The van der Waals surface area contributed by atoms with Gasteiger partial charge in [-0.2, -0.15) is 0 Å². The fraction of sp³-hybridized carbons (Fsp3) is 0.500. The van der Waals surface area contributed by atoms with Crippen LogP contribution in [0.3, 0.4) is 0 Å². The molecule has 1 fully saturated rings. The summed E-state index contributed by atoms with van der Waals surface area (Å²) in [6.07, 6.45) is 2.25. The van der Waals surface area contributed by atoms with Crippen molar-refractivity contribution in [2.24, 2.45) is 10.7 Å². The first-order valence-electron chi connectivity index (χ1n) is 6.72. The number of anilines is 1. The van der Waals surface area contributed by atoms with Crippen molar-refractivity contribution < 1.29 is 9.47 Å². The Morgan fingerprint density at radius 1 is 1.32 bits per heavy atom. The summed E-state index contributed by atoms with van der Waals surface area (Å²) in [4.78, 5) is 4.35. The molecule has 0 unspecified atom stereocenters.